The third kappa shape index (κ3) is 5.06. The number of rotatable bonds is 8. The van der Waals surface area contributed by atoms with E-state index in [0.29, 0.717) is 11.4 Å². The molecule has 1 aliphatic rings. The van der Waals surface area contributed by atoms with Crippen molar-refractivity contribution in [3.63, 3.8) is 0 Å². The number of methoxy groups -OCH3 is 1. The number of hydrogen-bond acceptors (Lipinski definition) is 6. The van der Waals surface area contributed by atoms with Crippen LogP contribution in [0, 0.1) is 0 Å². The fraction of sp³-hybridized carbons (Fsp3) is 0.320. The summed E-state index contributed by atoms with van der Waals surface area (Å²) in [5, 5.41) is 11.4. The van der Waals surface area contributed by atoms with Crippen LogP contribution in [0.4, 0.5) is 11.5 Å². The minimum absolute atomic E-state index is 0.0731. The van der Waals surface area contributed by atoms with Gasteiger partial charge in [-0.05, 0) is 49.7 Å². The van der Waals surface area contributed by atoms with Crippen LogP contribution < -0.4 is 15.0 Å². The van der Waals surface area contributed by atoms with Gasteiger partial charge in [0.15, 0.2) is 5.82 Å². The Labute approximate surface area is 189 Å². The zero-order valence-electron chi connectivity index (χ0n) is 18.5. The van der Waals surface area contributed by atoms with Crippen LogP contribution >= 0.6 is 0 Å². The summed E-state index contributed by atoms with van der Waals surface area (Å²) in [6.45, 7) is 1.69. The summed E-state index contributed by atoms with van der Waals surface area (Å²) in [5.74, 6) is 1.52. The number of nitrogens with zero attached hydrogens (tertiary/aromatic N) is 4. The molecule has 0 spiro atoms. The largest absolute Gasteiger partial charge is 0.497 e. The second kappa shape index (κ2) is 10.2. The van der Waals surface area contributed by atoms with Gasteiger partial charge < -0.3 is 15.0 Å². The first-order valence-corrected chi connectivity index (χ1v) is 10.9. The van der Waals surface area contributed by atoms with Crippen molar-refractivity contribution in [2.24, 2.45) is 0 Å². The first-order chi connectivity index (χ1) is 15.7. The highest BCUT2D eigenvalue weighted by Crippen LogP contribution is 2.28. The van der Waals surface area contributed by atoms with Gasteiger partial charge in [0, 0.05) is 37.1 Å². The summed E-state index contributed by atoms with van der Waals surface area (Å²) in [6.07, 6.45) is 3.84. The smallest absolute Gasteiger partial charge is 0.246 e. The van der Waals surface area contributed by atoms with Crippen LogP contribution in [-0.4, -0.2) is 54.3 Å². The van der Waals surface area contributed by atoms with E-state index in [0.717, 1.165) is 37.3 Å². The van der Waals surface area contributed by atoms with Crippen LogP contribution in [0.15, 0.2) is 72.9 Å². The minimum atomic E-state index is -0.424. The maximum absolute atomic E-state index is 13.4. The van der Waals surface area contributed by atoms with Gasteiger partial charge in [-0.2, -0.15) is 5.10 Å². The number of carbonyl (C=O) groups excluding carboxylic acids is 1. The monoisotopic (exact) mass is 431 g/mol. The molecule has 1 amide bonds. The predicted molar refractivity (Wildman–Crippen MR) is 126 cm³/mol. The van der Waals surface area contributed by atoms with Gasteiger partial charge >= 0.3 is 0 Å². The molecule has 3 aromatic rings. The molecule has 2 heterocycles. The molecule has 32 heavy (non-hydrogen) atoms. The van der Waals surface area contributed by atoms with Crippen LogP contribution in [-0.2, 0) is 4.79 Å². The lowest BCUT2D eigenvalue weighted by Gasteiger charge is -2.33. The lowest BCUT2D eigenvalue weighted by molar-refractivity contribution is -0.121. The highest BCUT2D eigenvalue weighted by molar-refractivity contribution is 5.95. The normalized spacial score (nSPS) is 16.7. The molecule has 4 rings (SSSR count). The number of hydrogen-bond donors (Lipinski definition) is 1. The molecule has 0 saturated carbocycles. The number of amides is 1. The molecule has 1 aliphatic heterocycles. The van der Waals surface area contributed by atoms with E-state index in [4.69, 9.17) is 4.74 Å². The highest BCUT2D eigenvalue weighted by Gasteiger charge is 2.32. The van der Waals surface area contributed by atoms with E-state index in [9.17, 15) is 4.79 Å². The Morgan fingerprint density at radius 1 is 1.19 bits per heavy atom. The van der Waals surface area contributed by atoms with Crippen molar-refractivity contribution in [2.75, 3.05) is 37.5 Å². The van der Waals surface area contributed by atoms with Crippen LogP contribution in [0.5, 0.6) is 5.75 Å². The van der Waals surface area contributed by atoms with Gasteiger partial charge in [0.25, 0.3) is 0 Å². The van der Waals surface area contributed by atoms with Crippen molar-refractivity contribution >= 4 is 17.4 Å². The third-order valence-electron chi connectivity index (χ3n) is 5.87. The van der Waals surface area contributed by atoms with Crippen molar-refractivity contribution in [2.45, 2.75) is 24.9 Å². The summed E-state index contributed by atoms with van der Waals surface area (Å²) in [6, 6.07) is 21.1. The van der Waals surface area contributed by atoms with Crippen molar-refractivity contribution < 1.29 is 9.53 Å². The molecule has 7 nitrogen and oxygen atoms in total. The number of carbonyl (C=O) groups is 1. The van der Waals surface area contributed by atoms with E-state index in [1.807, 2.05) is 73.8 Å². The molecule has 2 aromatic carbocycles. The first-order valence-electron chi connectivity index (χ1n) is 10.9. The van der Waals surface area contributed by atoms with Gasteiger partial charge in [-0.15, -0.1) is 5.10 Å². The minimum Gasteiger partial charge on any atom is -0.497 e. The zero-order chi connectivity index (χ0) is 22.3. The fourth-order valence-corrected chi connectivity index (χ4v) is 4.36. The molecule has 0 radical (unpaired) electrons. The number of anilines is 2. The third-order valence-corrected chi connectivity index (χ3v) is 5.87. The molecule has 1 fully saturated rings. The Balaban J connectivity index is 1.54. The summed E-state index contributed by atoms with van der Waals surface area (Å²) in [7, 11) is 3.63. The lowest BCUT2D eigenvalue weighted by Crippen LogP contribution is -2.43. The van der Waals surface area contributed by atoms with Crippen LogP contribution in [0.25, 0.3) is 0 Å². The van der Waals surface area contributed by atoms with E-state index in [2.05, 4.69) is 25.3 Å². The molecule has 166 valence electrons. The molecule has 1 N–H and O–H groups in total. The lowest BCUT2D eigenvalue weighted by atomic mass is 10.0. The summed E-state index contributed by atoms with van der Waals surface area (Å²) >= 11 is 0. The van der Waals surface area contributed by atoms with Crippen molar-refractivity contribution in [3.05, 3.63) is 78.5 Å². The van der Waals surface area contributed by atoms with Crippen molar-refractivity contribution in [3.8, 4) is 5.75 Å². The standard InChI is InChI=1S/C25H29N5O2/c1-29(18-21-12-8-16-30(21)23-14-7-15-26-28-23)24(19-9-4-3-5-10-19)25(31)27-20-11-6-13-22(17-20)32-2/h3-7,9-11,13-15,17,21,24H,8,12,16,18H2,1-2H3,(H,27,31). The van der Waals surface area contributed by atoms with E-state index < -0.39 is 6.04 Å². The van der Waals surface area contributed by atoms with Crippen molar-refractivity contribution in [1.82, 2.24) is 15.1 Å². The van der Waals surface area contributed by atoms with Gasteiger partial charge in [-0.1, -0.05) is 36.4 Å². The Hall–Kier alpha value is -3.45. The average molecular weight is 432 g/mol. The van der Waals surface area contributed by atoms with Crippen molar-refractivity contribution in [1.29, 1.82) is 0 Å². The van der Waals surface area contributed by atoms with E-state index >= 15 is 0 Å². The number of ether oxygens (including phenoxy) is 1. The SMILES string of the molecule is COc1cccc(NC(=O)C(c2ccccc2)N(C)CC2CCCN2c2cccnn2)c1. The summed E-state index contributed by atoms with van der Waals surface area (Å²) in [5.41, 5.74) is 1.67. The maximum atomic E-state index is 13.4. The first kappa shape index (κ1) is 21.8. The van der Waals surface area contributed by atoms with Gasteiger partial charge in [-0.3, -0.25) is 9.69 Å². The van der Waals surface area contributed by atoms with E-state index in [1.165, 1.54) is 0 Å². The quantitative estimate of drug-likeness (QED) is 0.586. The summed E-state index contributed by atoms with van der Waals surface area (Å²) < 4.78 is 5.29. The molecular formula is C25H29N5O2. The maximum Gasteiger partial charge on any atom is 0.246 e. The molecule has 1 aromatic heterocycles. The van der Waals surface area contributed by atoms with E-state index in [1.54, 1.807) is 13.3 Å². The van der Waals surface area contributed by atoms with Crippen LogP contribution in [0.1, 0.15) is 24.4 Å². The number of aromatic nitrogens is 2. The summed E-state index contributed by atoms with van der Waals surface area (Å²) in [4.78, 5) is 17.9. The molecule has 0 bridgehead atoms. The number of benzene rings is 2. The van der Waals surface area contributed by atoms with Gasteiger partial charge in [-0.25, -0.2) is 0 Å². The topological polar surface area (TPSA) is 70.6 Å². The molecule has 1 saturated heterocycles. The Bertz CT molecular complexity index is 1020. The van der Waals surface area contributed by atoms with Crippen LogP contribution in [0.2, 0.25) is 0 Å². The second-order valence-electron chi connectivity index (χ2n) is 8.05. The Morgan fingerprint density at radius 3 is 2.78 bits per heavy atom. The van der Waals surface area contributed by atoms with Crippen LogP contribution in [0.3, 0.4) is 0 Å². The van der Waals surface area contributed by atoms with E-state index in [-0.39, 0.29) is 11.9 Å². The number of nitrogens with one attached hydrogen (secondary N) is 1. The molecule has 2 unspecified atom stereocenters. The zero-order valence-corrected chi connectivity index (χ0v) is 18.5. The number of likely N-dealkylation sites (N-methyl/N-ethyl adjacent to an activating group) is 1. The molecular weight excluding hydrogens is 402 g/mol. The predicted octanol–water partition coefficient (Wildman–Crippen LogP) is 3.77. The highest BCUT2D eigenvalue weighted by atomic mass is 16.5. The Kier molecular flexibility index (Phi) is 6.97. The molecule has 7 heteroatoms. The molecule has 2 atom stereocenters. The fourth-order valence-electron chi connectivity index (χ4n) is 4.36. The van der Waals surface area contributed by atoms with Gasteiger partial charge in [0.2, 0.25) is 5.91 Å². The van der Waals surface area contributed by atoms with Gasteiger partial charge in [0.1, 0.15) is 11.8 Å². The van der Waals surface area contributed by atoms with Gasteiger partial charge in [0.05, 0.1) is 7.11 Å². The molecule has 0 aliphatic carbocycles. The second-order valence-corrected chi connectivity index (χ2v) is 8.05. The average Bonchev–Trinajstić information content (AvgIpc) is 3.28. The Morgan fingerprint density at radius 2 is 2.03 bits per heavy atom.